The SMILES string of the molecule is CCCCCCCCCC(CC(B1OC(C)(C)C(C)(C)O1)c1ccccc1)B1OC(C)(C)C(C)(C)O1. The van der Waals surface area contributed by atoms with E-state index in [0.717, 1.165) is 12.8 Å². The molecule has 0 bridgehead atoms. The van der Waals surface area contributed by atoms with E-state index in [4.69, 9.17) is 18.6 Å². The van der Waals surface area contributed by atoms with Gasteiger partial charge in [0.1, 0.15) is 0 Å². The molecule has 0 aliphatic carbocycles. The van der Waals surface area contributed by atoms with Crippen LogP contribution in [0.2, 0.25) is 5.82 Å². The highest BCUT2D eigenvalue weighted by Gasteiger charge is 2.57. The number of unbranched alkanes of at least 4 members (excludes halogenated alkanes) is 6. The van der Waals surface area contributed by atoms with Crippen LogP contribution >= 0.6 is 0 Å². The first-order chi connectivity index (χ1) is 16.8. The van der Waals surface area contributed by atoms with Crippen molar-refractivity contribution >= 4 is 14.2 Å². The van der Waals surface area contributed by atoms with Gasteiger partial charge < -0.3 is 18.6 Å². The molecule has 6 heteroatoms. The predicted octanol–water partition coefficient (Wildman–Crippen LogP) is 8.39. The third kappa shape index (κ3) is 6.98. The van der Waals surface area contributed by atoms with Gasteiger partial charge in [0.25, 0.3) is 0 Å². The van der Waals surface area contributed by atoms with Crippen molar-refractivity contribution in [1.82, 2.24) is 0 Å². The highest BCUT2D eigenvalue weighted by molar-refractivity contribution is 6.49. The van der Waals surface area contributed by atoms with Crippen LogP contribution < -0.4 is 0 Å². The van der Waals surface area contributed by atoms with Gasteiger partial charge in [-0.3, -0.25) is 0 Å². The van der Waals surface area contributed by atoms with Crippen molar-refractivity contribution in [1.29, 1.82) is 0 Å². The molecule has 36 heavy (non-hydrogen) atoms. The van der Waals surface area contributed by atoms with E-state index < -0.39 is 0 Å². The molecule has 202 valence electrons. The lowest BCUT2D eigenvalue weighted by molar-refractivity contribution is 0.00578. The summed E-state index contributed by atoms with van der Waals surface area (Å²) in [5.41, 5.74) is -0.116. The third-order valence-electron chi connectivity index (χ3n) is 9.22. The van der Waals surface area contributed by atoms with E-state index >= 15 is 0 Å². The Morgan fingerprint density at radius 1 is 0.611 bits per heavy atom. The van der Waals surface area contributed by atoms with Gasteiger partial charge in [0.05, 0.1) is 22.4 Å². The Morgan fingerprint density at radius 3 is 1.56 bits per heavy atom. The number of benzene rings is 1. The van der Waals surface area contributed by atoms with Gasteiger partial charge in [0, 0.05) is 5.82 Å². The Morgan fingerprint density at radius 2 is 1.06 bits per heavy atom. The van der Waals surface area contributed by atoms with Crippen molar-refractivity contribution in [3.8, 4) is 0 Å². The summed E-state index contributed by atoms with van der Waals surface area (Å²) in [5.74, 6) is 0.381. The van der Waals surface area contributed by atoms with Crippen LogP contribution in [0.3, 0.4) is 0 Å². The van der Waals surface area contributed by atoms with Crippen molar-refractivity contribution in [2.45, 2.75) is 154 Å². The lowest BCUT2D eigenvalue weighted by Gasteiger charge is -2.32. The monoisotopic (exact) mass is 498 g/mol. The minimum atomic E-state index is -0.358. The summed E-state index contributed by atoms with van der Waals surface area (Å²) in [6.07, 6.45) is 11.1. The van der Waals surface area contributed by atoms with Gasteiger partial charge in [-0.25, -0.2) is 0 Å². The normalized spacial score (nSPS) is 23.7. The first-order valence-corrected chi connectivity index (χ1v) is 14.6. The molecule has 2 fully saturated rings. The molecule has 2 aliphatic rings. The number of hydrogen-bond acceptors (Lipinski definition) is 4. The number of hydrogen-bond donors (Lipinski definition) is 0. The van der Waals surface area contributed by atoms with Crippen LogP contribution in [0.25, 0.3) is 0 Å². The fourth-order valence-electron chi connectivity index (χ4n) is 5.29. The summed E-state index contributed by atoms with van der Waals surface area (Å²) in [6.45, 7) is 19.4. The Balaban J connectivity index is 1.79. The summed E-state index contributed by atoms with van der Waals surface area (Å²) in [6, 6.07) is 10.7. The predicted molar refractivity (Wildman–Crippen MR) is 152 cm³/mol. The highest BCUT2D eigenvalue weighted by Crippen LogP contribution is 2.47. The first kappa shape index (κ1) is 29.7. The third-order valence-corrected chi connectivity index (χ3v) is 9.22. The second kappa shape index (κ2) is 11.9. The standard InChI is InChI=1S/C30H52B2O4/c1-10-11-12-13-14-15-19-22-25(31-33-27(2,3)28(4,5)34-31)23-26(24-20-17-16-18-21-24)32-35-29(6,7)30(8,9)36-32/h16-18,20-21,25-26H,10-15,19,22-23H2,1-9H3. The van der Waals surface area contributed by atoms with Gasteiger partial charge in [0.2, 0.25) is 0 Å². The van der Waals surface area contributed by atoms with Crippen molar-refractivity contribution < 1.29 is 18.6 Å². The van der Waals surface area contributed by atoms with Crippen LogP contribution in [-0.2, 0) is 18.6 Å². The zero-order valence-corrected chi connectivity index (χ0v) is 24.7. The maximum Gasteiger partial charge on any atom is 0.465 e. The summed E-state index contributed by atoms with van der Waals surface area (Å²) in [7, 11) is -0.514. The van der Waals surface area contributed by atoms with Crippen LogP contribution in [0.1, 0.15) is 131 Å². The Kier molecular flexibility index (Phi) is 9.85. The second-order valence-corrected chi connectivity index (χ2v) is 13.2. The molecule has 2 unspecified atom stereocenters. The smallest absolute Gasteiger partial charge is 0.403 e. The van der Waals surface area contributed by atoms with Crippen molar-refractivity contribution in [3.63, 3.8) is 0 Å². The van der Waals surface area contributed by atoms with E-state index in [9.17, 15) is 0 Å². The molecule has 4 nitrogen and oxygen atoms in total. The molecule has 0 radical (unpaired) electrons. The van der Waals surface area contributed by atoms with Crippen LogP contribution in [0.15, 0.2) is 30.3 Å². The lowest BCUT2D eigenvalue weighted by Crippen LogP contribution is -2.41. The van der Waals surface area contributed by atoms with Gasteiger partial charge in [-0.1, -0.05) is 88.6 Å². The summed E-state index contributed by atoms with van der Waals surface area (Å²) >= 11 is 0. The first-order valence-electron chi connectivity index (χ1n) is 14.6. The van der Waals surface area contributed by atoms with Crippen molar-refractivity contribution in [3.05, 3.63) is 35.9 Å². The van der Waals surface area contributed by atoms with Crippen LogP contribution in [0.5, 0.6) is 0 Å². The number of rotatable bonds is 13. The average Bonchev–Trinajstić information content (AvgIpc) is 3.14. The molecule has 0 saturated carbocycles. The Bertz CT molecular complexity index is 776. The van der Waals surface area contributed by atoms with Gasteiger partial charge in [-0.2, -0.15) is 0 Å². The van der Waals surface area contributed by atoms with Crippen molar-refractivity contribution in [2.24, 2.45) is 0 Å². The molecule has 0 aromatic heterocycles. The van der Waals surface area contributed by atoms with Gasteiger partial charge in [0.15, 0.2) is 0 Å². The summed E-state index contributed by atoms with van der Waals surface area (Å²) in [5, 5.41) is 0. The maximum atomic E-state index is 6.61. The van der Waals surface area contributed by atoms with Crippen molar-refractivity contribution in [2.75, 3.05) is 0 Å². The molecule has 1 aromatic carbocycles. The fourth-order valence-corrected chi connectivity index (χ4v) is 5.29. The van der Waals surface area contributed by atoms with E-state index in [2.05, 4.69) is 92.6 Å². The molecule has 2 atom stereocenters. The minimum Gasteiger partial charge on any atom is -0.403 e. The topological polar surface area (TPSA) is 36.9 Å². The quantitative estimate of drug-likeness (QED) is 0.202. The van der Waals surface area contributed by atoms with Gasteiger partial charge in [-0.15, -0.1) is 0 Å². The molecule has 0 spiro atoms. The molecule has 2 saturated heterocycles. The van der Waals surface area contributed by atoms with Gasteiger partial charge >= 0.3 is 14.2 Å². The summed E-state index contributed by atoms with van der Waals surface area (Å²) < 4.78 is 26.4. The molecule has 3 rings (SSSR count). The zero-order chi connectivity index (χ0) is 26.6. The van der Waals surface area contributed by atoms with Gasteiger partial charge in [-0.05, 0) is 73.2 Å². The van der Waals surface area contributed by atoms with Crippen LogP contribution in [0, 0.1) is 0 Å². The van der Waals surface area contributed by atoms with E-state index in [1.165, 1.54) is 50.5 Å². The molecule has 0 amide bonds. The summed E-state index contributed by atoms with van der Waals surface area (Å²) in [4.78, 5) is 0. The molecule has 0 N–H and O–H groups in total. The van der Waals surface area contributed by atoms with E-state index in [1.54, 1.807) is 0 Å². The maximum absolute atomic E-state index is 6.61. The Hall–Kier alpha value is -0.810. The molecule has 1 aromatic rings. The average molecular weight is 498 g/mol. The second-order valence-electron chi connectivity index (χ2n) is 13.2. The molecule has 2 aliphatic heterocycles. The largest absolute Gasteiger partial charge is 0.465 e. The van der Waals surface area contributed by atoms with E-state index in [0.29, 0.717) is 0 Å². The van der Waals surface area contributed by atoms with Crippen LogP contribution in [0.4, 0.5) is 0 Å². The van der Waals surface area contributed by atoms with E-state index in [-0.39, 0.29) is 48.3 Å². The molecular weight excluding hydrogens is 446 g/mol. The van der Waals surface area contributed by atoms with Crippen LogP contribution in [-0.4, -0.2) is 36.6 Å². The highest BCUT2D eigenvalue weighted by atomic mass is 16.7. The minimum absolute atomic E-state index is 0.112. The fraction of sp³-hybridized carbons (Fsp3) is 0.800. The lowest BCUT2D eigenvalue weighted by atomic mass is 9.57. The Labute approximate surface area is 222 Å². The molecule has 2 heterocycles. The van der Waals surface area contributed by atoms with E-state index in [1.807, 2.05) is 0 Å². The molecular formula is C30H52B2O4. The zero-order valence-electron chi connectivity index (χ0n) is 24.7.